The van der Waals surface area contributed by atoms with E-state index in [1.54, 1.807) is 0 Å². The van der Waals surface area contributed by atoms with E-state index < -0.39 is 30.4 Å². The Bertz CT molecular complexity index is 858. The fourth-order valence-electron chi connectivity index (χ4n) is 1.88. The first-order chi connectivity index (χ1) is 12.4. The van der Waals surface area contributed by atoms with Gasteiger partial charge in [0.1, 0.15) is 12.1 Å². The van der Waals surface area contributed by atoms with Gasteiger partial charge in [-0.1, -0.05) is 11.6 Å². The van der Waals surface area contributed by atoms with Crippen LogP contribution in [-0.4, -0.2) is 30.4 Å². The average Bonchev–Trinajstić information content (AvgIpc) is 3.14. The van der Waals surface area contributed by atoms with Crippen LogP contribution in [0.2, 0.25) is 5.02 Å². The maximum Gasteiger partial charge on any atom is 0.328 e. The minimum atomic E-state index is -0.968. The first kappa shape index (κ1) is 19.0. The normalized spacial score (nSPS) is 11.1. The Balaban J connectivity index is 1.81. The molecule has 0 fully saturated rings. The van der Waals surface area contributed by atoms with Gasteiger partial charge in [0.15, 0.2) is 12.4 Å². The molecule has 0 radical (unpaired) electrons. The summed E-state index contributed by atoms with van der Waals surface area (Å²) in [6, 6.07) is 8.28. The number of esters is 1. The van der Waals surface area contributed by atoms with E-state index in [1.165, 1.54) is 43.5 Å². The van der Waals surface area contributed by atoms with Crippen molar-refractivity contribution >= 4 is 35.1 Å². The Morgan fingerprint density at radius 2 is 2.12 bits per heavy atom. The SMILES string of the molecule is C[C@H](NC(=O)c1ccco1)C(=O)OCC(=O)Nc1ccc(C#N)c(Cl)c1. The maximum absolute atomic E-state index is 11.8. The molecule has 2 rings (SSSR count). The summed E-state index contributed by atoms with van der Waals surface area (Å²) >= 11 is 5.87. The van der Waals surface area contributed by atoms with Crippen molar-refractivity contribution in [1.29, 1.82) is 5.26 Å². The Morgan fingerprint density at radius 1 is 1.35 bits per heavy atom. The fourth-order valence-corrected chi connectivity index (χ4v) is 2.10. The zero-order chi connectivity index (χ0) is 19.1. The molecule has 0 aliphatic carbocycles. The molecule has 0 bridgehead atoms. The van der Waals surface area contributed by atoms with Crippen LogP contribution in [0.5, 0.6) is 0 Å². The summed E-state index contributed by atoms with van der Waals surface area (Å²) < 4.78 is 9.76. The molecule has 2 amide bonds. The Labute approximate surface area is 153 Å². The number of amides is 2. The van der Waals surface area contributed by atoms with E-state index >= 15 is 0 Å². The highest BCUT2D eigenvalue weighted by Crippen LogP contribution is 2.20. The molecule has 0 unspecified atom stereocenters. The number of hydrogen-bond acceptors (Lipinski definition) is 6. The molecule has 0 saturated heterocycles. The summed E-state index contributed by atoms with van der Waals surface area (Å²) in [4.78, 5) is 35.4. The van der Waals surface area contributed by atoms with Gasteiger partial charge in [-0.3, -0.25) is 9.59 Å². The number of carbonyl (C=O) groups excluding carboxylic acids is 3. The number of benzene rings is 1. The van der Waals surface area contributed by atoms with Crippen molar-refractivity contribution in [3.05, 3.63) is 52.9 Å². The maximum atomic E-state index is 11.8. The quantitative estimate of drug-likeness (QED) is 0.745. The second-order valence-electron chi connectivity index (χ2n) is 5.13. The highest BCUT2D eigenvalue weighted by Gasteiger charge is 2.20. The summed E-state index contributed by atoms with van der Waals surface area (Å²) in [5.74, 6) is -1.89. The van der Waals surface area contributed by atoms with Crippen LogP contribution in [0, 0.1) is 11.3 Å². The molecule has 134 valence electrons. The third-order valence-corrected chi connectivity index (χ3v) is 3.48. The van der Waals surface area contributed by atoms with Crippen LogP contribution >= 0.6 is 11.6 Å². The van der Waals surface area contributed by atoms with Crippen LogP contribution in [0.1, 0.15) is 23.0 Å². The van der Waals surface area contributed by atoms with Crippen LogP contribution in [0.25, 0.3) is 0 Å². The summed E-state index contributed by atoms with van der Waals surface area (Å²) in [7, 11) is 0. The van der Waals surface area contributed by atoms with E-state index in [1.807, 2.05) is 6.07 Å². The molecule has 2 aromatic rings. The fraction of sp³-hybridized carbons (Fsp3) is 0.176. The van der Waals surface area contributed by atoms with E-state index in [9.17, 15) is 14.4 Å². The first-order valence-electron chi connectivity index (χ1n) is 7.41. The number of nitrogens with zero attached hydrogens (tertiary/aromatic N) is 1. The number of rotatable bonds is 6. The first-order valence-corrected chi connectivity index (χ1v) is 7.79. The second-order valence-corrected chi connectivity index (χ2v) is 5.54. The summed E-state index contributed by atoms with van der Waals surface area (Å²) in [5.41, 5.74) is 0.631. The lowest BCUT2D eigenvalue weighted by atomic mass is 10.2. The topological polar surface area (TPSA) is 121 Å². The van der Waals surface area contributed by atoms with E-state index in [0.29, 0.717) is 5.69 Å². The van der Waals surface area contributed by atoms with Gasteiger partial charge in [-0.15, -0.1) is 0 Å². The standard InChI is InChI=1S/C17H14ClN3O5/c1-10(20-16(23)14-3-2-6-25-14)17(24)26-9-15(22)21-12-5-4-11(8-19)13(18)7-12/h2-7,10H,9H2,1H3,(H,20,23)(H,21,22)/t10-/m0/s1. The van der Waals surface area contributed by atoms with Crippen LogP contribution in [0.3, 0.4) is 0 Å². The van der Waals surface area contributed by atoms with Crippen molar-refractivity contribution in [3.8, 4) is 6.07 Å². The number of furan rings is 1. The third-order valence-electron chi connectivity index (χ3n) is 3.16. The molecular weight excluding hydrogens is 362 g/mol. The van der Waals surface area contributed by atoms with Gasteiger partial charge in [0.25, 0.3) is 11.8 Å². The van der Waals surface area contributed by atoms with Crippen LogP contribution in [-0.2, 0) is 14.3 Å². The highest BCUT2D eigenvalue weighted by atomic mass is 35.5. The molecule has 1 atom stereocenters. The number of hydrogen-bond donors (Lipinski definition) is 2. The molecule has 26 heavy (non-hydrogen) atoms. The summed E-state index contributed by atoms with van der Waals surface area (Å²) in [6.07, 6.45) is 1.33. The van der Waals surface area contributed by atoms with E-state index in [0.717, 1.165) is 0 Å². The molecule has 0 spiro atoms. The largest absolute Gasteiger partial charge is 0.459 e. The minimum absolute atomic E-state index is 0.0556. The van der Waals surface area contributed by atoms with E-state index in [-0.39, 0.29) is 16.3 Å². The summed E-state index contributed by atoms with van der Waals surface area (Å²) in [5, 5.41) is 13.9. The lowest BCUT2D eigenvalue weighted by molar-refractivity contribution is -0.148. The molecule has 0 aliphatic heterocycles. The van der Waals surface area contributed by atoms with Crippen molar-refractivity contribution in [2.45, 2.75) is 13.0 Å². The van der Waals surface area contributed by atoms with Gasteiger partial charge >= 0.3 is 5.97 Å². The average molecular weight is 376 g/mol. The van der Waals surface area contributed by atoms with Gasteiger partial charge in [-0.2, -0.15) is 5.26 Å². The van der Waals surface area contributed by atoms with Crippen molar-refractivity contribution < 1.29 is 23.5 Å². The lowest BCUT2D eigenvalue weighted by Crippen LogP contribution is -2.40. The van der Waals surface area contributed by atoms with Gasteiger partial charge in [-0.05, 0) is 37.3 Å². The summed E-state index contributed by atoms with van der Waals surface area (Å²) in [6.45, 7) is 0.874. The molecular formula is C17H14ClN3O5. The monoisotopic (exact) mass is 375 g/mol. The zero-order valence-corrected chi connectivity index (χ0v) is 14.4. The predicted octanol–water partition coefficient (Wildman–Crippen LogP) is 2.10. The third kappa shape index (κ3) is 5.09. The van der Waals surface area contributed by atoms with Gasteiger partial charge in [0.2, 0.25) is 0 Å². The number of halogens is 1. The van der Waals surface area contributed by atoms with Crippen LogP contribution in [0.15, 0.2) is 41.0 Å². The smallest absolute Gasteiger partial charge is 0.328 e. The number of ether oxygens (including phenoxy) is 1. The van der Waals surface area contributed by atoms with Crippen molar-refractivity contribution in [2.24, 2.45) is 0 Å². The Hall–Kier alpha value is -3.31. The molecule has 9 heteroatoms. The van der Waals surface area contributed by atoms with E-state index in [4.69, 9.17) is 26.0 Å². The van der Waals surface area contributed by atoms with Gasteiger partial charge < -0.3 is 19.8 Å². The Kier molecular flexibility index (Phi) is 6.36. The molecule has 1 heterocycles. The number of nitriles is 1. The predicted molar refractivity (Wildman–Crippen MR) is 91.4 cm³/mol. The zero-order valence-electron chi connectivity index (χ0n) is 13.6. The Morgan fingerprint density at radius 3 is 2.73 bits per heavy atom. The van der Waals surface area contributed by atoms with E-state index in [2.05, 4.69) is 10.6 Å². The highest BCUT2D eigenvalue weighted by molar-refractivity contribution is 6.32. The van der Waals surface area contributed by atoms with Crippen molar-refractivity contribution in [3.63, 3.8) is 0 Å². The van der Waals surface area contributed by atoms with Gasteiger partial charge in [0.05, 0.1) is 16.8 Å². The molecule has 1 aromatic heterocycles. The molecule has 0 aliphatic rings. The number of carbonyl (C=O) groups is 3. The molecule has 8 nitrogen and oxygen atoms in total. The van der Waals surface area contributed by atoms with Crippen molar-refractivity contribution in [1.82, 2.24) is 5.32 Å². The molecule has 2 N–H and O–H groups in total. The van der Waals surface area contributed by atoms with Gasteiger partial charge in [0, 0.05) is 5.69 Å². The second kappa shape index (κ2) is 8.69. The lowest BCUT2D eigenvalue weighted by Gasteiger charge is -2.12. The minimum Gasteiger partial charge on any atom is -0.459 e. The number of anilines is 1. The van der Waals surface area contributed by atoms with Crippen LogP contribution < -0.4 is 10.6 Å². The molecule has 0 saturated carbocycles. The number of nitrogens with one attached hydrogen (secondary N) is 2. The van der Waals surface area contributed by atoms with Crippen molar-refractivity contribution in [2.75, 3.05) is 11.9 Å². The van der Waals surface area contributed by atoms with Gasteiger partial charge in [-0.25, -0.2) is 4.79 Å². The van der Waals surface area contributed by atoms with Crippen LogP contribution in [0.4, 0.5) is 5.69 Å². The molecule has 1 aromatic carbocycles.